The van der Waals surface area contributed by atoms with Gasteiger partial charge < -0.3 is 0 Å². The van der Waals surface area contributed by atoms with Gasteiger partial charge in [-0.15, -0.1) is 0 Å². The molecule has 0 fully saturated rings. The highest BCUT2D eigenvalue weighted by Crippen LogP contribution is 2.37. The van der Waals surface area contributed by atoms with Crippen LogP contribution >= 0.6 is 0 Å². The molecule has 1 aromatic heterocycles. The van der Waals surface area contributed by atoms with E-state index >= 15 is 0 Å². The Hall–Kier alpha value is -7.30. The van der Waals surface area contributed by atoms with Crippen LogP contribution in [0.1, 0.15) is 52.8 Å². The van der Waals surface area contributed by atoms with Gasteiger partial charge in [0.05, 0.1) is 12.1 Å². The fourth-order valence-corrected chi connectivity index (χ4v) is 7.79. The van der Waals surface area contributed by atoms with Gasteiger partial charge in [-0.1, -0.05) is 133 Å². The van der Waals surface area contributed by atoms with Crippen molar-refractivity contribution in [1.29, 1.82) is 0 Å². The van der Waals surface area contributed by atoms with E-state index in [1.165, 1.54) is 33.0 Å². The van der Waals surface area contributed by atoms with Crippen molar-refractivity contribution in [2.75, 3.05) is 0 Å². The van der Waals surface area contributed by atoms with Crippen LogP contribution in [0.3, 0.4) is 0 Å². The van der Waals surface area contributed by atoms with Crippen molar-refractivity contribution in [3.63, 3.8) is 0 Å². The Morgan fingerprint density at radius 1 is 0.542 bits per heavy atom. The summed E-state index contributed by atoms with van der Waals surface area (Å²) >= 11 is 0. The number of hydrogen-bond donors (Lipinski definition) is 0. The molecule has 0 aliphatic heterocycles. The van der Waals surface area contributed by atoms with Crippen molar-refractivity contribution in [1.82, 2.24) is 4.98 Å². The molecule has 7 aromatic carbocycles. The van der Waals surface area contributed by atoms with Crippen molar-refractivity contribution >= 4 is 52.2 Å². The monoisotopic (exact) mass is 762 g/mol. The molecule has 286 valence electrons. The van der Waals surface area contributed by atoms with Gasteiger partial charge in [0, 0.05) is 22.7 Å². The van der Waals surface area contributed by atoms with Gasteiger partial charge in [0.2, 0.25) is 0 Å². The highest BCUT2D eigenvalue weighted by atomic mass is 15.0. The second-order valence-electron chi connectivity index (χ2n) is 14.7. The zero-order valence-electron chi connectivity index (χ0n) is 34.0. The molecule has 0 aliphatic rings. The SMILES string of the molecule is C=NC(=NC(=NCc1ccccc1)c1ccccc1)c1cc(-c2cccc(-c3ccc4cccnc4c3)c2)cc(-c2ccc3c(/C=C\C)c(C)c(C)c(/C=C\C)c3c2)c1. The summed E-state index contributed by atoms with van der Waals surface area (Å²) in [5.41, 5.74) is 15.4. The number of nitrogens with zero attached hydrogens (tertiary/aromatic N) is 4. The largest absolute Gasteiger partial charge is 0.261 e. The van der Waals surface area contributed by atoms with E-state index in [2.05, 4.69) is 166 Å². The van der Waals surface area contributed by atoms with E-state index in [0.29, 0.717) is 18.2 Å². The molecular formula is C55H46N4. The smallest absolute Gasteiger partial charge is 0.161 e. The number of rotatable bonds is 9. The Labute approximate surface area is 347 Å². The van der Waals surface area contributed by atoms with Gasteiger partial charge in [-0.25, -0.2) is 9.98 Å². The number of allylic oxidation sites excluding steroid dienone is 2. The molecule has 0 saturated carbocycles. The first-order valence-electron chi connectivity index (χ1n) is 20.1. The molecule has 4 nitrogen and oxygen atoms in total. The molecule has 0 aliphatic carbocycles. The summed E-state index contributed by atoms with van der Waals surface area (Å²) in [6.07, 6.45) is 10.6. The molecule has 0 radical (unpaired) electrons. The summed E-state index contributed by atoms with van der Waals surface area (Å²) in [5.74, 6) is 1.09. The quantitative estimate of drug-likeness (QED) is 0.107. The maximum absolute atomic E-state index is 5.17. The maximum atomic E-state index is 5.17. The standard InChI is InChI=1S/C55H46N4/c1-6-16-49-37(3)38(4)50(17-7-2)52-34-44(27-28-51(49)52)47-31-46(43-23-14-22-42(30-43)45-26-25-40-24-15-29-57-53(40)35-45)32-48(33-47)54(56-5)59-55(41-20-12-9-13-21-41)58-36-39-18-10-8-11-19-39/h6-35H,5,36H2,1-4H3/b16-6-,17-7-,58-55?,59-54?. The fraction of sp³-hybridized carbons (Fsp3) is 0.0909. The highest BCUT2D eigenvalue weighted by Gasteiger charge is 2.16. The van der Waals surface area contributed by atoms with Gasteiger partial charge >= 0.3 is 0 Å². The number of pyridine rings is 1. The molecule has 8 aromatic rings. The topological polar surface area (TPSA) is 50.0 Å². The van der Waals surface area contributed by atoms with E-state index in [0.717, 1.165) is 61.0 Å². The molecule has 0 unspecified atom stereocenters. The lowest BCUT2D eigenvalue weighted by Crippen LogP contribution is -2.06. The average molecular weight is 763 g/mol. The molecule has 0 atom stereocenters. The normalized spacial score (nSPS) is 12.3. The molecule has 8 rings (SSSR count). The van der Waals surface area contributed by atoms with Crippen LogP contribution in [-0.2, 0) is 6.54 Å². The number of amidine groups is 2. The minimum atomic E-state index is 0.487. The average Bonchev–Trinajstić information content (AvgIpc) is 3.29. The first-order chi connectivity index (χ1) is 28.9. The van der Waals surface area contributed by atoms with Crippen LogP contribution in [0.15, 0.2) is 185 Å². The Morgan fingerprint density at radius 3 is 1.85 bits per heavy atom. The van der Waals surface area contributed by atoms with E-state index in [-0.39, 0.29) is 0 Å². The Balaban J connectivity index is 1.33. The molecule has 59 heavy (non-hydrogen) atoms. The molecule has 1 heterocycles. The Bertz CT molecular complexity index is 2950. The summed E-state index contributed by atoms with van der Waals surface area (Å²) in [7, 11) is 0. The van der Waals surface area contributed by atoms with Gasteiger partial charge in [0.25, 0.3) is 0 Å². The van der Waals surface area contributed by atoms with Crippen LogP contribution in [-0.4, -0.2) is 23.4 Å². The van der Waals surface area contributed by atoms with Crippen LogP contribution in [0.5, 0.6) is 0 Å². The second kappa shape index (κ2) is 17.5. The number of fused-ring (bicyclic) bond motifs is 2. The summed E-state index contributed by atoms with van der Waals surface area (Å²) in [6.45, 7) is 13.1. The van der Waals surface area contributed by atoms with E-state index in [4.69, 9.17) is 9.98 Å². The van der Waals surface area contributed by atoms with Gasteiger partial charge in [-0.05, 0) is 149 Å². The van der Waals surface area contributed by atoms with Crippen molar-refractivity contribution in [2.24, 2.45) is 15.0 Å². The second-order valence-corrected chi connectivity index (χ2v) is 14.7. The van der Waals surface area contributed by atoms with Gasteiger partial charge in [0.1, 0.15) is 0 Å². The van der Waals surface area contributed by atoms with Gasteiger partial charge in [-0.3, -0.25) is 9.98 Å². The lowest BCUT2D eigenvalue weighted by atomic mass is 9.87. The summed E-state index contributed by atoms with van der Waals surface area (Å²) in [4.78, 5) is 19.4. The zero-order valence-corrected chi connectivity index (χ0v) is 34.0. The first kappa shape index (κ1) is 38.6. The molecule has 0 N–H and O–H groups in total. The van der Waals surface area contributed by atoms with E-state index in [1.807, 2.05) is 60.8 Å². The number of aliphatic imine (C=N–C) groups is 3. The first-order valence-corrected chi connectivity index (χ1v) is 20.1. The Morgan fingerprint density at radius 2 is 1.15 bits per heavy atom. The van der Waals surface area contributed by atoms with Crippen LogP contribution in [0.25, 0.3) is 67.2 Å². The van der Waals surface area contributed by atoms with Gasteiger partial charge in [-0.2, -0.15) is 0 Å². The van der Waals surface area contributed by atoms with Crippen LogP contribution < -0.4 is 0 Å². The minimum Gasteiger partial charge on any atom is -0.261 e. The number of benzene rings is 7. The van der Waals surface area contributed by atoms with Gasteiger partial charge in [0.15, 0.2) is 11.7 Å². The lowest BCUT2D eigenvalue weighted by Gasteiger charge is -2.17. The van der Waals surface area contributed by atoms with E-state index in [1.54, 1.807) is 0 Å². The summed E-state index contributed by atoms with van der Waals surface area (Å²) in [6, 6.07) is 53.0. The lowest BCUT2D eigenvalue weighted by molar-refractivity contribution is 1.06. The number of aromatic nitrogens is 1. The van der Waals surface area contributed by atoms with E-state index < -0.39 is 0 Å². The molecular weight excluding hydrogens is 717 g/mol. The van der Waals surface area contributed by atoms with Crippen molar-refractivity contribution in [2.45, 2.75) is 34.2 Å². The third kappa shape index (κ3) is 8.25. The molecule has 0 bridgehead atoms. The predicted molar refractivity (Wildman–Crippen MR) is 254 cm³/mol. The van der Waals surface area contributed by atoms with Crippen molar-refractivity contribution < 1.29 is 0 Å². The molecule has 4 heteroatoms. The summed E-state index contributed by atoms with van der Waals surface area (Å²) < 4.78 is 0. The molecule has 0 spiro atoms. The Kier molecular flexibility index (Phi) is 11.4. The molecule has 0 amide bonds. The fourth-order valence-electron chi connectivity index (χ4n) is 7.79. The molecule has 0 saturated heterocycles. The van der Waals surface area contributed by atoms with Crippen LogP contribution in [0.4, 0.5) is 0 Å². The highest BCUT2D eigenvalue weighted by molar-refractivity contribution is 6.13. The zero-order chi connectivity index (χ0) is 40.7. The van der Waals surface area contributed by atoms with Crippen LogP contribution in [0.2, 0.25) is 0 Å². The van der Waals surface area contributed by atoms with Crippen LogP contribution in [0, 0.1) is 13.8 Å². The third-order valence-electron chi connectivity index (χ3n) is 10.9. The number of hydrogen-bond acceptors (Lipinski definition) is 2. The summed E-state index contributed by atoms with van der Waals surface area (Å²) in [5, 5.41) is 3.56. The van der Waals surface area contributed by atoms with E-state index in [9.17, 15) is 0 Å². The van der Waals surface area contributed by atoms with Crippen molar-refractivity contribution in [3.05, 3.63) is 209 Å². The maximum Gasteiger partial charge on any atom is 0.161 e. The predicted octanol–water partition coefficient (Wildman–Crippen LogP) is 14.2. The van der Waals surface area contributed by atoms with Crippen molar-refractivity contribution in [3.8, 4) is 33.4 Å². The third-order valence-corrected chi connectivity index (χ3v) is 10.9. The minimum absolute atomic E-state index is 0.487.